The van der Waals surface area contributed by atoms with Gasteiger partial charge in [0, 0.05) is 23.1 Å². The fraction of sp³-hybridized carbons (Fsp3) is 0.500. The van der Waals surface area contributed by atoms with Crippen molar-refractivity contribution in [2.45, 2.75) is 17.2 Å². The molecule has 14 heavy (non-hydrogen) atoms. The van der Waals surface area contributed by atoms with E-state index in [0.717, 1.165) is 11.8 Å². The highest BCUT2D eigenvalue weighted by atomic mass is 32.2. The maximum Gasteiger partial charge on any atom is 0.0107 e. The second-order valence-electron chi connectivity index (χ2n) is 4.21. The number of thioether (sulfide) groups is 1. The highest BCUT2D eigenvalue weighted by Crippen LogP contribution is 2.42. The van der Waals surface area contributed by atoms with E-state index in [1.807, 2.05) is 11.8 Å². The Kier molecular flexibility index (Phi) is 2.26. The van der Waals surface area contributed by atoms with Crippen LogP contribution < -0.4 is 5.32 Å². The molecule has 0 bridgehead atoms. The van der Waals surface area contributed by atoms with Crippen molar-refractivity contribution >= 4 is 11.8 Å². The van der Waals surface area contributed by atoms with Crippen LogP contribution in [-0.4, -0.2) is 18.8 Å². The predicted octanol–water partition coefficient (Wildman–Crippen LogP) is 2.49. The van der Waals surface area contributed by atoms with Gasteiger partial charge in [-0.15, -0.1) is 11.8 Å². The molecule has 0 saturated carbocycles. The van der Waals surface area contributed by atoms with Gasteiger partial charge >= 0.3 is 0 Å². The average molecular weight is 205 g/mol. The fourth-order valence-electron chi connectivity index (χ4n) is 2.59. The van der Waals surface area contributed by atoms with Crippen LogP contribution in [0.4, 0.5) is 0 Å². The first-order valence-corrected chi connectivity index (χ1v) is 6.36. The number of hydrogen-bond acceptors (Lipinski definition) is 2. The second kappa shape index (κ2) is 3.59. The van der Waals surface area contributed by atoms with Crippen molar-refractivity contribution in [3.05, 3.63) is 29.8 Å². The molecule has 0 spiro atoms. The molecule has 0 aliphatic carbocycles. The van der Waals surface area contributed by atoms with E-state index in [1.165, 1.54) is 30.2 Å². The molecule has 0 amide bonds. The molecule has 0 aromatic heterocycles. The smallest absolute Gasteiger partial charge is 0.0107 e. The van der Waals surface area contributed by atoms with Gasteiger partial charge in [0.1, 0.15) is 0 Å². The van der Waals surface area contributed by atoms with Gasteiger partial charge in [0.15, 0.2) is 0 Å². The standard InChI is InChI=1S/C12H15NS/c1-2-4-12-10(3-1)11-7-13-6-5-9(11)8-14-12/h1-4,9,11,13H,5-8H2/t9-,11-/m0/s1. The van der Waals surface area contributed by atoms with Gasteiger partial charge in [-0.1, -0.05) is 18.2 Å². The van der Waals surface area contributed by atoms with E-state index in [0.29, 0.717) is 0 Å². The number of fused-ring (bicyclic) bond motifs is 3. The quantitative estimate of drug-likeness (QED) is 0.698. The predicted molar refractivity (Wildman–Crippen MR) is 60.9 cm³/mol. The maximum absolute atomic E-state index is 3.52. The number of rotatable bonds is 0. The number of hydrogen-bond donors (Lipinski definition) is 1. The van der Waals surface area contributed by atoms with Crippen LogP contribution in [0.15, 0.2) is 29.2 Å². The average Bonchev–Trinajstić information content (AvgIpc) is 2.29. The molecule has 0 radical (unpaired) electrons. The van der Waals surface area contributed by atoms with Crippen molar-refractivity contribution in [1.29, 1.82) is 0 Å². The van der Waals surface area contributed by atoms with Crippen LogP contribution in [0.1, 0.15) is 17.9 Å². The van der Waals surface area contributed by atoms with Crippen molar-refractivity contribution in [2.75, 3.05) is 18.8 Å². The van der Waals surface area contributed by atoms with Gasteiger partial charge in [0.2, 0.25) is 0 Å². The van der Waals surface area contributed by atoms with Gasteiger partial charge in [-0.05, 0) is 30.5 Å². The lowest BCUT2D eigenvalue weighted by molar-refractivity contribution is 0.346. The highest BCUT2D eigenvalue weighted by molar-refractivity contribution is 7.99. The summed E-state index contributed by atoms with van der Waals surface area (Å²) >= 11 is 2.05. The SMILES string of the molecule is c1ccc2c(c1)SC[C@@H]1CCNC[C@H]21. The maximum atomic E-state index is 3.52. The summed E-state index contributed by atoms with van der Waals surface area (Å²) in [5.41, 5.74) is 1.58. The Hall–Kier alpha value is -0.470. The van der Waals surface area contributed by atoms with E-state index in [2.05, 4.69) is 29.6 Å². The van der Waals surface area contributed by atoms with Gasteiger partial charge < -0.3 is 5.32 Å². The van der Waals surface area contributed by atoms with Crippen LogP contribution in [0.3, 0.4) is 0 Å². The molecule has 1 saturated heterocycles. The zero-order valence-corrected chi connectivity index (χ0v) is 9.02. The first kappa shape index (κ1) is 8.81. The first-order chi connectivity index (χ1) is 6.95. The first-order valence-electron chi connectivity index (χ1n) is 5.37. The summed E-state index contributed by atoms with van der Waals surface area (Å²) in [4.78, 5) is 1.51. The van der Waals surface area contributed by atoms with Gasteiger partial charge in [-0.3, -0.25) is 0 Å². The van der Waals surface area contributed by atoms with Crippen molar-refractivity contribution in [1.82, 2.24) is 5.32 Å². The Morgan fingerprint density at radius 2 is 2.21 bits per heavy atom. The molecule has 0 unspecified atom stereocenters. The molecule has 74 valence electrons. The third kappa shape index (κ3) is 1.37. The molecule has 1 aromatic carbocycles. The molecule has 2 atom stereocenters. The van der Waals surface area contributed by atoms with Crippen LogP contribution in [0.5, 0.6) is 0 Å². The van der Waals surface area contributed by atoms with Crippen LogP contribution in [0, 0.1) is 5.92 Å². The molecule has 2 aliphatic rings. The minimum absolute atomic E-state index is 0.779. The lowest BCUT2D eigenvalue weighted by atomic mass is 9.82. The Morgan fingerprint density at radius 1 is 1.29 bits per heavy atom. The van der Waals surface area contributed by atoms with Gasteiger partial charge in [0.05, 0.1) is 0 Å². The Bertz CT molecular complexity index is 337. The second-order valence-corrected chi connectivity index (χ2v) is 5.27. The van der Waals surface area contributed by atoms with Crippen LogP contribution in [0.25, 0.3) is 0 Å². The number of piperidine rings is 1. The lowest BCUT2D eigenvalue weighted by Gasteiger charge is -2.37. The lowest BCUT2D eigenvalue weighted by Crippen LogP contribution is -2.37. The van der Waals surface area contributed by atoms with E-state index in [-0.39, 0.29) is 0 Å². The Labute approximate surface area is 89.3 Å². The third-order valence-electron chi connectivity index (χ3n) is 3.40. The summed E-state index contributed by atoms with van der Waals surface area (Å²) in [6.45, 7) is 2.39. The molecule has 2 heteroatoms. The minimum atomic E-state index is 0.779. The minimum Gasteiger partial charge on any atom is -0.316 e. The summed E-state index contributed by atoms with van der Waals surface area (Å²) in [7, 11) is 0. The number of nitrogens with one attached hydrogen (secondary N) is 1. The van der Waals surface area contributed by atoms with Crippen molar-refractivity contribution in [3.63, 3.8) is 0 Å². The third-order valence-corrected chi connectivity index (χ3v) is 4.67. The molecule has 1 fully saturated rings. The van der Waals surface area contributed by atoms with E-state index >= 15 is 0 Å². The van der Waals surface area contributed by atoms with E-state index in [4.69, 9.17) is 0 Å². The van der Waals surface area contributed by atoms with Gasteiger partial charge in [0.25, 0.3) is 0 Å². The zero-order valence-electron chi connectivity index (χ0n) is 8.20. The summed E-state index contributed by atoms with van der Waals surface area (Å²) in [5, 5.41) is 3.52. The zero-order chi connectivity index (χ0) is 9.38. The molecule has 2 heterocycles. The van der Waals surface area contributed by atoms with E-state index in [9.17, 15) is 0 Å². The molecular formula is C12H15NS. The molecule has 1 N–H and O–H groups in total. The summed E-state index contributed by atoms with van der Waals surface area (Å²) in [6, 6.07) is 8.91. The summed E-state index contributed by atoms with van der Waals surface area (Å²) < 4.78 is 0. The molecular weight excluding hydrogens is 190 g/mol. The van der Waals surface area contributed by atoms with Crippen LogP contribution >= 0.6 is 11.8 Å². The molecule has 1 aromatic rings. The molecule has 2 aliphatic heterocycles. The van der Waals surface area contributed by atoms with Crippen LogP contribution in [0.2, 0.25) is 0 Å². The number of benzene rings is 1. The largest absolute Gasteiger partial charge is 0.316 e. The normalized spacial score (nSPS) is 30.6. The monoisotopic (exact) mass is 205 g/mol. The van der Waals surface area contributed by atoms with Crippen molar-refractivity contribution < 1.29 is 0 Å². The molecule has 1 nitrogen and oxygen atoms in total. The van der Waals surface area contributed by atoms with Crippen molar-refractivity contribution in [2.24, 2.45) is 5.92 Å². The van der Waals surface area contributed by atoms with Gasteiger partial charge in [-0.25, -0.2) is 0 Å². The van der Waals surface area contributed by atoms with E-state index in [1.54, 1.807) is 5.56 Å². The van der Waals surface area contributed by atoms with E-state index < -0.39 is 0 Å². The topological polar surface area (TPSA) is 12.0 Å². The summed E-state index contributed by atoms with van der Waals surface area (Å²) in [6.07, 6.45) is 1.35. The Balaban J connectivity index is 1.99. The molecule has 3 rings (SSSR count). The van der Waals surface area contributed by atoms with Crippen LogP contribution in [-0.2, 0) is 0 Å². The highest BCUT2D eigenvalue weighted by Gasteiger charge is 2.31. The van der Waals surface area contributed by atoms with Gasteiger partial charge in [-0.2, -0.15) is 0 Å². The van der Waals surface area contributed by atoms with Crippen molar-refractivity contribution in [3.8, 4) is 0 Å². The summed E-state index contributed by atoms with van der Waals surface area (Å²) in [5.74, 6) is 3.01. The fourth-order valence-corrected chi connectivity index (χ4v) is 3.94. The Morgan fingerprint density at radius 3 is 3.21 bits per heavy atom.